The summed E-state index contributed by atoms with van der Waals surface area (Å²) in [5.41, 5.74) is 2.78. The van der Waals surface area contributed by atoms with Gasteiger partial charge in [-0.3, -0.25) is 9.69 Å². The van der Waals surface area contributed by atoms with Crippen molar-refractivity contribution in [2.45, 2.75) is 13.5 Å². The number of nitrogens with zero attached hydrogens (tertiary/aromatic N) is 2. The SMILES string of the molecule is Cc1ccc(NC(=O)N(CCN2CCOCC2)Cc2cc3cc4c(cc3[nH]c2=O)OCO4)cc1. The summed E-state index contributed by atoms with van der Waals surface area (Å²) in [6.07, 6.45) is 0. The number of H-pyrrole nitrogens is 1. The summed E-state index contributed by atoms with van der Waals surface area (Å²) < 4.78 is 16.3. The van der Waals surface area contributed by atoms with Crippen LogP contribution in [0.1, 0.15) is 11.1 Å². The van der Waals surface area contributed by atoms with Gasteiger partial charge in [0.2, 0.25) is 6.79 Å². The van der Waals surface area contributed by atoms with E-state index in [4.69, 9.17) is 14.2 Å². The molecule has 1 fully saturated rings. The molecule has 0 unspecified atom stereocenters. The van der Waals surface area contributed by atoms with E-state index in [-0.39, 0.29) is 24.9 Å². The molecule has 9 heteroatoms. The van der Waals surface area contributed by atoms with Crippen LogP contribution in [0.2, 0.25) is 0 Å². The van der Waals surface area contributed by atoms with Gasteiger partial charge in [0.25, 0.3) is 5.56 Å². The molecule has 1 aromatic heterocycles. The number of ether oxygens (including phenoxy) is 3. The number of carbonyl (C=O) groups is 1. The average Bonchev–Trinajstić information content (AvgIpc) is 3.30. The van der Waals surface area contributed by atoms with Gasteiger partial charge < -0.3 is 29.4 Å². The van der Waals surface area contributed by atoms with E-state index in [1.54, 1.807) is 11.0 Å². The molecule has 0 bridgehead atoms. The quantitative estimate of drug-likeness (QED) is 0.582. The molecule has 5 rings (SSSR count). The number of benzene rings is 2. The summed E-state index contributed by atoms with van der Waals surface area (Å²) in [6.45, 7) is 6.57. The zero-order chi connectivity index (χ0) is 23.5. The van der Waals surface area contributed by atoms with E-state index in [2.05, 4.69) is 15.2 Å². The fourth-order valence-corrected chi connectivity index (χ4v) is 4.14. The number of hydrogen-bond donors (Lipinski definition) is 2. The molecule has 3 aromatic rings. The van der Waals surface area contributed by atoms with Gasteiger partial charge in [-0.05, 0) is 31.2 Å². The van der Waals surface area contributed by atoms with Crippen molar-refractivity contribution in [3.8, 4) is 11.5 Å². The van der Waals surface area contributed by atoms with Crippen molar-refractivity contribution < 1.29 is 19.0 Å². The number of aromatic amines is 1. The standard InChI is InChI=1S/C25H28N4O5/c1-17-2-4-20(5-3-17)26-25(31)29(7-6-28-8-10-32-11-9-28)15-19-12-18-13-22-23(34-16-33-22)14-21(18)27-24(19)30/h2-5,12-14H,6-11,15-16H2,1H3,(H,26,31)(H,27,30). The Morgan fingerprint density at radius 1 is 1.09 bits per heavy atom. The zero-order valence-electron chi connectivity index (χ0n) is 19.1. The smallest absolute Gasteiger partial charge is 0.322 e. The number of rotatable bonds is 6. The van der Waals surface area contributed by atoms with Crippen LogP contribution in [-0.2, 0) is 11.3 Å². The topological polar surface area (TPSA) is 96.1 Å². The maximum atomic E-state index is 13.2. The predicted molar refractivity (Wildman–Crippen MR) is 129 cm³/mol. The molecule has 178 valence electrons. The minimum absolute atomic E-state index is 0.164. The predicted octanol–water partition coefficient (Wildman–Crippen LogP) is 2.93. The Morgan fingerprint density at radius 3 is 2.59 bits per heavy atom. The lowest BCUT2D eigenvalue weighted by Crippen LogP contribution is -2.44. The van der Waals surface area contributed by atoms with Crippen LogP contribution < -0.4 is 20.3 Å². The van der Waals surface area contributed by atoms with Gasteiger partial charge in [0, 0.05) is 48.9 Å². The molecular formula is C25H28N4O5. The largest absolute Gasteiger partial charge is 0.454 e. The minimum atomic E-state index is -0.248. The highest BCUT2D eigenvalue weighted by atomic mass is 16.7. The van der Waals surface area contributed by atoms with Gasteiger partial charge in [0.05, 0.1) is 25.3 Å². The van der Waals surface area contributed by atoms with Crippen LogP contribution in [-0.4, -0.2) is 67.0 Å². The monoisotopic (exact) mass is 464 g/mol. The molecule has 2 aliphatic rings. The number of amides is 2. The van der Waals surface area contributed by atoms with Crippen LogP contribution in [0, 0.1) is 6.92 Å². The van der Waals surface area contributed by atoms with E-state index in [0.29, 0.717) is 54.6 Å². The highest BCUT2D eigenvalue weighted by Crippen LogP contribution is 2.35. The number of fused-ring (bicyclic) bond motifs is 2. The van der Waals surface area contributed by atoms with Crippen LogP contribution in [0.25, 0.3) is 10.9 Å². The first-order valence-electron chi connectivity index (χ1n) is 11.4. The molecule has 3 heterocycles. The number of aromatic nitrogens is 1. The van der Waals surface area contributed by atoms with Gasteiger partial charge >= 0.3 is 6.03 Å². The highest BCUT2D eigenvalue weighted by Gasteiger charge is 2.20. The molecular weight excluding hydrogens is 436 g/mol. The number of carbonyl (C=O) groups excluding carboxylic acids is 1. The lowest BCUT2D eigenvalue weighted by molar-refractivity contribution is 0.0349. The van der Waals surface area contributed by atoms with Crippen molar-refractivity contribution in [3.63, 3.8) is 0 Å². The molecule has 0 saturated carbocycles. The molecule has 2 aliphatic heterocycles. The van der Waals surface area contributed by atoms with Crippen molar-refractivity contribution >= 4 is 22.6 Å². The summed E-state index contributed by atoms with van der Waals surface area (Å²) in [6, 6.07) is 12.8. The fraction of sp³-hybridized carbons (Fsp3) is 0.360. The molecule has 2 aromatic carbocycles. The van der Waals surface area contributed by atoms with Crippen molar-refractivity contribution in [1.29, 1.82) is 0 Å². The second-order valence-corrected chi connectivity index (χ2v) is 8.59. The Bertz CT molecular complexity index is 1230. The molecule has 0 aliphatic carbocycles. The first kappa shape index (κ1) is 22.2. The first-order valence-corrected chi connectivity index (χ1v) is 11.4. The molecule has 2 amide bonds. The second kappa shape index (κ2) is 9.74. The third-order valence-electron chi connectivity index (χ3n) is 6.16. The van der Waals surface area contributed by atoms with Gasteiger partial charge in [0.1, 0.15) is 0 Å². The van der Waals surface area contributed by atoms with E-state index >= 15 is 0 Å². The molecule has 0 atom stereocenters. The Hall–Kier alpha value is -3.56. The maximum Gasteiger partial charge on any atom is 0.322 e. The number of morpholine rings is 1. The Labute approximate surface area is 197 Å². The summed E-state index contributed by atoms with van der Waals surface area (Å²) in [4.78, 5) is 33.0. The molecule has 0 spiro atoms. The highest BCUT2D eigenvalue weighted by molar-refractivity contribution is 5.89. The molecule has 0 radical (unpaired) electrons. The molecule has 1 saturated heterocycles. The van der Waals surface area contributed by atoms with Crippen LogP contribution in [0.4, 0.5) is 10.5 Å². The first-order chi connectivity index (χ1) is 16.5. The number of urea groups is 1. The van der Waals surface area contributed by atoms with Gasteiger partial charge in [0.15, 0.2) is 11.5 Å². The van der Waals surface area contributed by atoms with Gasteiger partial charge in [-0.1, -0.05) is 17.7 Å². The van der Waals surface area contributed by atoms with E-state index in [1.165, 1.54) is 0 Å². The Morgan fingerprint density at radius 2 is 1.82 bits per heavy atom. The van der Waals surface area contributed by atoms with E-state index in [0.717, 1.165) is 24.0 Å². The molecule has 2 N–H and O–H groups in total. The van der Waals surface area contributed by atoms with Crippen molar-refractivity contribution in [2.24, 2.45) is 0 Å². The van der Waals surface area contributed by atoms with Crippen molar-refractivity contribution in [2.75, 3.05) is 51.5 Å². The summed E-state index contributed by atoms with van der Waals surface area (Å²) in [5, 5.41) is 3.79. The van der Waals surface area contributed by atoms with Gasteiger partial charge in [-0.2, -0.15) is 0 Å². The van der Waals surface area contributed by atoms with Crippen LogP contribution >= 0.6 is 0 Å². The van der Waals surface area contributed by atoms with Crippen molar-refractivity contribution in [1.82, 2.24) is 14.8 Å². The number of hydrogen-bond acceptors (Lipinski definition) is 6. The van der Waals surface area contributed by atoms with Crippen LogP contribution in [0.5, 0.6) is 11.5 Å². The maximum absolute atomic E-state index is 13.2. The van der Waals surface area contributed by atoms with E-state index < -0.39 is 0 Å². The third-order valence-corrected chi connectivity index (χ3v) is 6.16. The number of aryl methyl sites for hydroxylation is 1. The minimum Gasteiger partial charge on any atom is -0.454 e. The number of nitrogens with one attached hydrogen (secondary N) is 2. The number of anilines is 1. The van der Waals surface area contributed by atoms with E-state index in [9.17, 15) is 9.59 Å². The normalized spacial score (nSPS) is 15.4. The summed E-state index contributed by atoms with van der Waals surface area (Å²) in [7, 11) is 0. The Balaban J connectivity index is 1.38. The third kappa shape index (κ3) is 5.00. The van der Waals surface area contributed by atoms with E-state index in [1.807, 2.05) is 43.3 Å². The summed E-state index contributed by atoms with van der Waals surface area (Å²) in [5.74, 6) is 1.26. The lowest BCUT2D eigenvalue weighted by Gasteiger charge is -2.30. The average molecular weight is 465 g/mol. The van der Waals surface area contributed by atoms with Gasteiger partial charge in [-0.25, -0.2) is 4.79 Å². The number of pyridine rings is 1. The molecule has 34 heavy (non-hydrogen) atoms. The lowest BCUT2D eigenvalue weighted by atomic mass is 10.1. The molecule has 9 nitrogen and oxygen atoms in total. The van der Waals surface area contributed by atoms with Crippen LogP contribution in [0.15, 0.2) is 47.3 Å². The van der Waals surface area contributed by atoms with Gasteiger partial charge in [-0.15, -0.1) is 0 Å². The Kier molecular flexibility index (Phi) is 6.37. The van der Waals surface area contributed by atoms with Crippen LogP contribution in [0.3, 0.4) is 0 Å². The zero-order valence-corrected chi connectivity index (χ0v) is 19.1. The summed E-state index contributed by atoms with van der Waals surface area (Å²) >= 11 is 0. The van der Waals surface area contributed by atoms with Crippen molar-refractivity contribution in [3.05, 3.63) is 63.9 Å². The second-order valence-electron chi connectivity index (χ2n) is 8.59. The fourth-order valence-electron chi connectivity index (χ4n) is 4.14.